The molecule has 1 N–H and O–H groups in total. The quantitative estimate of drug-likeness (QED) is 0.204. The van der Waals surface area contributed by atoms with Crippen LogP contribution in [0.25, 0.3) is 66.7 Å². The van der Waals surface area contributed by atoms with Crippen molar-refractivity contribution in [1.29, 1.82) is 0 Å². The first-order valence-corrected chi connectivity index (χ1v) is 17.5. The monoisotopic (exact) mass is 659 g/mol. The fourth-order valence-corrected chi connectivity index (χ4v) is 6.69. The van der Waals surface area contributed by atoms with Gasteiger partial charge >= 0.3 is 0 Å². The molecule has 4 aromatic carbocycles. The molecule has 0 saturated heterocycles. The normalized spacial score (nSPS) is 12.6. The zero-order valence-electron chi connectivity index (χ0n) is 30.7. The van der Waals surface area contributed by atoms with Gasteiger partial charge in [-0.05, 0) is 87.0 Å². The summed E-state index contributed by atoms with van der Waals surface area (Å²) < 4.78 is 15.3. The van der Waals surface area contributed by atoms with E-state index in [0.29, 0.717) is 5.56 Å². The van der Waals surface area contributed by atoms with E-state index in [1.54, 1.807) is 0 Å². The molecule has 4 heteroatoms. The van der Waals surface area contributed by atoms with Gasteiger partial charge in [0.2, 0.25) is 0 Å². The highest BCUT2D eigenvalue weighted by atomic mass is 19.1. The second-order valence-corrected chi connectivity index (χ2v) is 16.7. The number of H-pyrrole nitrogens is 1. The van der Waals surface area contributed by atoms with Gasteiger partial charge in [0.05, 0.1) is 34.3 Å². The van der Waals surface area contributed by atoms with Crippen LogP contribution < -0.4 is 0 Å². The lowest BCUT2D eigenvalue weighted by Crippen LogP contribution is -2.11. The molecule has 7 aromatic rings. The number of aromatic nitrogens is 3. The van der Waals surface area contributed by atoms with E-state index in [4.69, 9.17) is 4.98 Å². The average molecular weight is 660 g/mol. The molecule has 0 saturated carbocycles. The number of nitrogens with one attached hydrogen (secondary N) is 1. The van der Waals surface area contributed by atoms with Crippen LogP contribution in [0, 0.1) is 5.82 Å². The van der Waals surface area contributed by atoms with E-state index in [1.807, 2.05) is 36.4 Å². The van der Waals surface area contributed by atoms with Gasteiger partial charge in [-0.25, -0.2) is 9.37 Å². The lowest BCUT2D eigenvalue weighted by Gasteiger charge is -2.22. The van der Waals surface area contributed by atoms with E-state index in [-0.39, 0.29) is 22.1 Å². The summed E-state index contributed by atoms with van der Waals surface area (Å²) in [5, 5.41) is 2.26. The van der Waals surface area contributed by atoms with Crippen molar-refractivity contribution in [2.45, 2.75) is 78.6 Å². The first-order valence-electron chi connectivity index (χ1n) is 17.5. The van der Waals surface area contributed by atoms with E-state index in [1.165, 1.54) is 22.9 Å². The van der Waals surface area contributed by atoms with Crippen molar-refractivity contribution in [3.05, 3.63) is 132 Å². The Kier molecular flexibility index (Phi) is 8.05. The van der Waals surface area contributed by atoms with E-state index in [9.17, 15) is 0 Å². The van der Waals surface area contributed by atoms with Crippen molar-refractivity contribution in [3.63, 3.8) is 0 Å². The Bertz CT molecular complexity index is 2380. The molecule has 3 aromatic heterocycles. The zero-order chi connectivity index (χ0) is 35.6. The van der Waals surface area contributed by atoms with Gasteiger partial charge in [-0.15, -0.1) is 0 Å². The van der Waals surface area contributed by atoms with Gasteiger partial charge in [0.15, 0.2) is 0 Å². The van der Waals surface area contributed by atoms with Gasteiger partial charge in [-0.1, -0.05) is 117 Å². The van der Waals surface area contributed by atoms with Crippen LogP contribution in [0.5, 0.6) is 0 Å². The lowest BCUT2D eigenvalue weighted by atomic mass is 9.83. The molecule has 0 unspecified atom stereocenters. The molecule has 7 rings (SSSR count). The maximum Gasteiger partial charge on any atom is 0.149 e. The predicted molar refractivity (Wildman–Crippen MR) is 209 cm³/mol. The van der Waals surface area contributed by atoms with Gasteiger partial charge in [-0.2, -0.15) is 0 Å². The van der Waals surface area contributed by atoms with Crippen molar-refractivity contribution in [2.24, 2.45) is 0 Å². The van der Waals surface area contributed by atoms with E-state index in [2.05, 4.69) is 139 Å². The zero-order valence-corrected chi connectivity index (χ0v) is 30.7. The van der Waals surface area contributed by atoms with Gasteiger partial charge < -0.3 is 4.98 Å². The summed E-state index contributed by atoms with van der Waals surface area (Å²) in [7, 11) is 0. The standard InChI is InChI=1S/C46H46FN3/c1-44(2,3)30-18-13-17-29(21-30)39-19-14-20-40(49-39)36-24-31(45(4,5)6)22-34-35-23-32(46(7,8)9)25-37(43(35)50-42(34)36)41-26-33(38(47)27-48-41)28-15-11-10-12-16-28/h10-27,50H,1-9H3. The van der Waals surface area contributed by atoms with Crippen molar-refractivity contribution in [3.8, 4) is 44.9 Å². The molecule has 0 aliphatic heterocycles. The third kappa shape index (κ3) is 6.24. The Morgan fingerprint density at radius 2 is 1.02 bits per heavy atom. The minimum absolute atomic E-state index is 0.0377. The topological polar surface area (TPSA) is 41.6 Å². The molecule has 0 bridgehead atoms. The molecular weight excluding hydrogens is 614 g/mol. The summed E-state index contributed by atoms with van der Waals surface area (Å²) in [6, 6.07) is 35.8. The van der Waals surface area contributed by atoms with Crippen LogP contribution in [0.1, 0.15) is 79.0 Å². The van der Waals surface area contributed by atoms with E-state index in [0.717, 1.165) is 61.1 Å². The van der Waals surface area contributed by atoms with Gasteiger partial charge in [0.1, 0.15) is 5.82 Å². The average Bonchev–Trinajstić information content (AvgIpc) is 3.46. The first kappa shape index (κ1) is 33.4. The number of pyridine rings is 2. The van der Waals surface area contributed by atoms with Crippen LogP contribution >= 0.6 is 0 Å². The highest BCUT2D eigenvalue weighted by Crippen LogP contribution is 2.43. The van der Waals surface area contributed by atoms with Crippen molar-refractivity contribution >= 4 is 21.8 Å². The van der Waals surface area contributed by atoms with Crippen LogP contribution in [0.2, 0.25) is 0 Å². The molecule has 252 valence electrons. The SMILES string of the molecule is CC(C)(C)c1cccc(-c2cccc(-c3cc(C(C)(C)C)cc4c3[nH]c3c(-c5cc(-c6ccccc6)c(F)cn5)cc(C(C)(C)C)cc34)n2)c1. The Hall–Kier alpha value is -5.09. The minimum Gasteiger partial charge on any atom is -0.353 e. The Morgan fingerprint density at radius 3 is 1.62 bits per heavy atom. The smallest absolute Gasteiger partial charge is 0.149 e. The van der Waals surface area contributed by atoms with Gasteiger partial charge in [0, 0.05) is 33.0 Å². The minimum atomic E-state index is -0.337. The molecule has 3 heterocycles. The Balaban J connectivity index is 1.51. The number of nitrogens with zero attached hydrogens (tertiary/aromatic N) is 2. The fraction of sp³-hybridized carbons (Fsp3) is 0.261. The second kappa shape index (κ2) is 12.1. The molecule has 0 radical (unpaired) electrons. The van der Waals surface area contributed by atoms with Crippen molar-refractivity contribution in [1.82, 2.24) is 15.0 Å². The maximum atomic E-state index is 15.3. The van der Waals surface area contributed by atoms with Crippen LogP contribution in [0.15, 0.2) is 109 Å². The summed E-state index contributed by atoms with van der Waals surface area (Å²) in [5.74, 6) is -0.337. The molecule has 50 heavy (non-hydrogen) atoms. The van der Waals surface area contributed by atoms with Crippen LogP contribution in [-0.2, 0) is 16.2 Å². The third-order valence-corrected chi connectivity index (χ3v) is 9.81. The molecule has 0 atom stereocenters. The second-order valence-electron chi connectivity index (χ2n) is 16.7. The molecule has 0 aliphatic carbocycles. The highest BCUT2D eigenvalue weighted by Gasteiger charge is 2.24. The summed E-state index contributed by atoms with van der Waals surface area (Å²) in [6.07, 6.45) is 1.35. The summed E-state index contributed by atoms with van der Waals surface area (Å²) in [4.78, 5) is 13.8. The van der Waals surface area contributed by atoms with Gasteiger partial charge in [0.25, 0.3) is 0 Å². The molecular formula is C46H46FN3. The lowest BCUT2D eigenvalue weighted by molar-refractivity contribution is 0.590. The molecule has 3 nitrogen and oxygen atoms in total. The Labute approximate surface area is 295 Å². The predicted octanol–water partition coefficient (Wildman–Crippen LogP) is 12.8. The maximum absolute atomic E-state index is 15.3. The summed E-state index contributed by atoms with van der Waals surface area (Å²) in [6.45, 7) is 20.2. The highest BCUT2D eigenvalue weighted by molar-refractivity contribution is 6.15. The summed E-state index contributed by atoms with van der Waals surface area (Å²) >= 11 is 0. The first-order chi connectivity index (χ1) is 23.6. The molecule has 0 aliphatic rings. The van der Waals surface area contributed by atoms with Gasteiger partial charge in [-0.3, -0.25) is 4.98 Å². The molecule has 0 amide bonds. The number of hydrogen-bond acceptors (Lipinski definition) is 2. The number of hydrogen-bond donors (Lipinski definition) is 1. The number of aromatic amines is 1. The van der Waals surface area contributed by atoms with E-state index >= 15 is 4.39 Å². The van der Waals surface area contributed by atoms with Crippen LogP contribution in [-0.4, -0.2) is 15.0 Å². The van der Waals surface area contributed by atoms with E-state index < -0.39 is 0 Å². The van der Waals surface area contributed by atoms with Crippen LogP contribution in [0.4, 0.5) is 4.39 Å². The van der Waals surface area contributed by atoms with Crippen molar-refractivity contribution in [2.75, 3.05) is 0 Å². The number of halogens is 1. The number of benzene rings is 4. The van der Waals surface area contributed by atoms with Crippen LogP contribution in [0.3, 0.4) is 0 Å². The largest absolute Gasteiger partial charge is 0.353 e. The molecule has 0 spiro atoms. The number of rotatable bonds is 4. The number of fused-ring (bicyclic) bond motifs is 3. The summed E-state index contributed by atoms with van der Waals surface area (Å²) in [5.41, 5.74) is 12.6. The van der Waals surface area contributed by atoms with Crippen molar-refractivity contribution < 1.29 is 4.39 Å². The third-order valence-electron chi connectivity index (χ3n) is 9.81. The molecule has 0 fully saturated rings. The Morgan fingerprint density at radius 1 is 0.480 bits per heavy atom. The fourth-order valence-electron chi connectivity index (χ4n) is 6.69.